The number of piperidine rings is 1. The van der Waals surface area contributed by atoms with E-state index < -0.39 is 11.7 Å². The number of amides is 1. The quantitative estimate of drug-likeness (QED) is 0.216. The number of carbonyl (C=O) groups is 1. The molecule has 2 fully saturated rings. The largest absolute Gasteiger partial charge is 0.416 e. The monoisotopic (exact) mass is 593 g/mol. The first-order chi connectivity index (χ1) is 20.8. The number of nitrogens with one attached hydrogen (secondary N) is 3. The van der Waals surface area contributed by atoms with Gasteiger partial charge in [-0.2, -0.15) is 13.2 Å². The molecule has 0 radical (unpaired) electrons. The van der Waals surface area contributed by atoms with Crippen molar-refractivity contribution in [1.82, 2.24) is 15.6 Å². The summed E-state index contributed by atoms with van der Waals surface area (Å²) in [6.07, 6.45) is 5.90. The van der Waals surface area contributed by atoms with Gasteiger partial charge in [0.25, 0.3) is 5.91 Å². The number of nitrogens with zero attached hydrogens (tertiary/aromatic N) is 2. The number of alkyl halides is 3. The maximum Gasteiger partial charge on any atom is 0.416 e. The SMILES string of the molecule is CCCCNC(=O)c1cccc(-c2ccnc(N[C@@H]3CCCC[C@H]3N[C@H]3CCCN(c4ccc(C(F)(F)F)cc4)C3)c2)c1. The Morgan fingerprint density at radius 1 is 0.953 bits per heavy atom. The summed E-state index contributed by atoms with van der Waals surface area (Å²) in [7, 11) is 0. The number of unbranched alkanes of at least 4 members (excludes halogenated alkanes) is 1. The van der Waals surface area contributed by atoms with Crippen LogP contribution in [0.15, 0.2) is 66.9 Å². The first kappa shape index (κ1) is 30.9. The third-order valence-electron chi connectivity index (χ3n) is 8.56. The summed E-state index contributed by atoms with van der Waals surface area (Å²) in [5.41, 5.74) is 2.84. The molecule has 2 heterocycles. The molecule has 3 aromatic rings. The molecule has 2 aliphatic rings. The van der Waals surface area contributed by atoms with Gasteiger partial charge in [0.2, 0.25) is 0 Å². The van der Waals surface area contributed by atoms with Gasteiger partial charge in [0.15, 0.2) is 0 Å². The Morgan fingerprint density at radius 2 is 1.72 bits per heavy atom. The van der Waals surface area contributed by atoms with Gasteiger partial charge in [-0.25, -0.2) is 4.98 Å². The third kappa shape index (κ3) is 8.28. The number of benzene rings is 2. The Bertz CT molecular complexity index is 1350. The van der Waals surface area contributed by atoms with Crippen molar-refractivity contribution in [2.24, 2.45) is 0 Å². The van der Waals surface area contributed by atoms with Gasteiger partial charge >= 0.3 is 6.18 Å². The van der Waals surface area contributed by atoms with E-state index in [4.69, 9.17) is 0 Å². The van der Waals surface area contributed by atoms with Crippen molar-refractivity contribution in [3.8, 4) is 11.1 Å². The van der Waals surface area contributed by atoms with Crippen molar-refractivity contribution < 1.29 is 18.0 Å². The number of hydrogen-bond acceptors (Lipinski definition) is 5. The van der Waals surface area contributed by atoms with Crippen LogP contribution in [0.2, 0.25) is 0 Å². The van der Waals surface area contributed by atoms with Crippen molar-refractivity contribution in [3.05, 3.63) is 78.0 Å². The van der Waals surface area contributed by atoms with Gasteiger partial charge < -0.3 is 20.9 Å². The molecule has 0 spiro atoms. The lowest BCUT2D eigenvalue weighted by Crippen LogP contribution is -2.55. The summed E-state index contributed by atoms with van der Waals surface area (Å²) in [4.78, 5) is 19.4. The Labute approximate surface area is 252 Å². The Balaban J connectivity index is 1.22. The number of halogens is 3. The summed E-state index contributed by atoms with van der Waals surface area (Å²) in [6, 6.07) is 18.0. The van der Waals surface area contributed by atoms with Gasteiger partial charge in [-0.05, 0) is 91.8 Å². The van der Waals surface area contributed by atoms with Crippen molar-refractivity contribution in [3.63, 3.8) is 0 Å². The van der Waals surface area contributed by atoms with Crippen LogP contribution in [-0.2, 0) is 6.18 Å². The van der Waals surface area contributed by atoms with Gasteiger partial charge in [0.1, 0.15) is 5.82 Å². The molecule has 1 amide bonds. The first-order valence-corrected chi connectivity index (χ1v) is 15.6. The van der Waals surface area contributed by atoms with Crippen LogP contribution in [0.3, 0.4) is 0 Å². The first-order valence-electron chi connectivity index (χ1n) is 15.6. The van der Waals surface area contributed by atoms with Crippen LogP contribution in [0.1, 0.15) is 74.2 Å². The predicted molar refractivity (Wildman–Crippen MR) is 166 cm³/mol. The van der Waals surface area contributed by atoms with E-state index in [0.29, 0.717) is 12.1 Å². The van der Waals surface area contributed by atoms with E-state index in [9.17, 15) is 18.0 Å². The van der Waals surface area contributed by atoms with E-state index in [0.717, 1.165) is 87.1 Å². The summed E-state index contributed by atoms with van der Waals surface area (Å²) < 4.78 is 39.1. The lowest BCUT2D eigenvalue weighted by Gasteiger charge is -2.40. The van der Waals surface area contributed by atoms with Gasteiger partial charge in [0.05, 0.1) is 5.56 Å². The molecule has 1 aliphatic heterocycles. The lowest BCUT2D eigenvalue weighted by atomic mass is 9.89. The van der Waals surface area contributed by atoms with Gasteiger partial charge in [0, 0.05) is 55.2 Å². The average molecular weight is 594 g/mol. The molecule has 5 rings (SSSR count). The molecule has 1 aromatic heterocycles. The highest BCUT2D eigenvalue weighted by Gasteiger charge is 2.32. The molecule has 3 atom stereocenters. The van der Waals surface area contributed by atoms with Crippen LogP contribution >= 0.6 is 0 Å². The Morgan fingerprint density at radius 3 is 2.49 bits per heavy atom. The highest BCUT2D eigenvalue weighted by atomic mass is 19.4. The minimum Gasteiger partial charge on any atom is -0.370 e. The highest BCUT2D eigenvalue weighted by molar-refractivity contribution is 5.95. The van der Waals surface area contributed by atoms with Crippen molar-refractivity contribution >= 4 is 17.4 Å². The second kappa shape index (κ2) is 14.3. The van der Waals surface area contributed by atoms with E-state index in [-0.39, 0.29) is 24.0 Å². The third-order valence-corrected chi connectivity index (χ3v) is 8.56. The minimum atomic E-state index is -4.32. The molecule has 0 unspecified atom stereocenters. The molecule has 9 heteroatoms. The minimum absolute atomic E-state index is 0.0570. The van der Waals surface area contributed by atoms with Crippen molar-refractivity contribution in [1.29, 1.82) is 0 Å². The summed E-state index contributed by atoms with van der Waals surface area (Å²) >= 11 is 0. The molecule has 43 heavy (non-hydrogen) atoms. The molecule has 0 bridgehead atoms. The van der Waals surface area contributed by atoms with Crippen molar-refractivity contribution in [2.45, 2.75) is 82.6 Å². The second-order valence-corrected chi connectivity index (χ2v) is 11.8. The van der Waals surface area contributed by atoms with Crippen LogP contribution in [-0.4, -0.2) is 48.7 Å². The molecule has 2 aromatic carbocycles. The number of anilines is 2. The van der Waals surface area contributed by atoms with Crippen LogP contribution in [0.5, 0.6) is 0 Å². The number of rotatable bonds is 10. The molecule has 1 saturated carbocycles. The summed E-state index contributed by atoms with van der Waals surface area (Å²) in [6.45, 7) is 4.39. The standard InChI is InChI=1S/C34H42F3N5O/c1-2-3-18-39-33(43)26-9-6-8-24(21-26)25-17-19-38-32(22-25)41-31-12-5-4-11-30(31)40-28-10-7-20-42(23-28)29-15-13-27(14-16-29)34(35,36)37/h6,8-9,13-17,19,21-22,28,30-31,40H,2-5,7,10-12,18,20,23H2,1H3,(H,38,41)(H,39,43)/t28-,30+,31+/m0/s1. The predicted octanol–water partition coefficient (Wildman–Crippen LogP) is 7.28. The summed E-state index contributed by atoms with van der Waals surface area (Å²) in [5.74, 6) is 0.752. The van der Waals surface area contributed by atoms with Crippen LogP contribution in [0.4, 0.5) is 24.7 Å². The van der Waals surface area contributed by atoms with E-state index in [1.165, 1.54) is 12.1 Å². The van der Waals surface area contributed by atoms with Gasteiger partial charge in [-0.15, -0.1) is 0 Å². The Hall–Kier alpha value is -3.59. The number of pyridine rings is 1. The smallest absolute Gasteiger partial charge is 0.370 e. The fourth-order valence-corrected chi connectivity index (χ4v) is 6.21. The van der Waals surface area contributed by atoms with Crippen molar-refractivity contribution in [2.75, 3.05) is 29.9 Å². The molecule has 1 saturated heterocycles. The highest BCUT2D eigenvalue weighted by Crippen LogP contribution is 2.32. The fourth-order valence-electron chi connectivity index (χ4n) is 6.21. The zero-order chi connectivity index (χ0) is 30.2. The van der Waals surface area contributed by atoms with E-state index in [1.807, 2.05) is 36.4 Å². The average Bonchev–Trinajstić information content (AvgIpc) is 3.02. The number of hydrogen-bond donors (Lipinski definition) is 3. The fraction of sp³-hybridized carbons (Fsp3) is 0.471. The molecular formula is C34H42F3N5O. The van der Waals surface area contributed by atoms with E-state index >= 15 is 0 Å². The number of carbonyl (C=O) groups excluding carboxylic acids is 1. The zero-order valence-electron chi connectivity index (χ0n) is 24.8. The van der Waals surface area contributed by atoms with Crippen LogP contribution < -0.4 is 20.9 Å². The lowest BCUT2D eigenvalue weighted by molar-refractivity contribution is -0.137. The van der Waals surface area contributed by atoms with Crippen LogP contribution in [0.25, 0.3) is 11.1 Å². The molecule has 230 valence electrons. The van der Waals surface area contributed by atoms with E-state index in [2.05, 4.69) is 32.8 Å². The van der Waals surface area contributed by atoms with Gasteiger partial charge in [-0.1, -0.05) is 38.3 Å². The molecule has 3 N–H and O–H groups in total. The zero-order valence-corrected chi connectivity index (χ0v) is 24.8. The molecular weight excluding hydrogens is 551 g/mol. The van der Waals surface area contributed by atoms with Gasteiger partial charge in [-0.3, -0.25) is 4.79 Å². The second-order valence-electron chi connectivity index (χ2n) is 11.8. The van der Waals surface area contributed by atoms with E-state index in [1.54, 1.807) is 18.3 Å². The normalized spacial score (nSPS) is 20.9. The maximum absolute atomic E-state index is 13.0. The summed E-state index contributed by atoms with van der Waals surface area (Å²) in [5, 5.41) is 10.6. The topological polar surface area (TPSA) is 69.3 Å². The maximum atomic E-state index is 13.0. The number of aromatic nitrogens is 1. The molecule has 1 aliphatic carbocycles. The Kier molecular flexibility index (Phi) is 10.2. The molecule has 6 nitrogen and oxygen atoms in total. The van der Waals surface area contributed by atoms with Crippen LogP contribution in [0, 0.1) is 0 Å².